The molecule has 13 heavy (non-hydrogen) atoms. The molecule has 4 nitrogen and oxygen atoms in total. The summed E-state index contributed by atoms with van der Waals surface area (Å²) >= 11 is 0. The van der Waals surface area contributed by atoms with Gasteiger partial charge in [-0.2, -0.15) is 0 Å². The van der Waals surface area contributed by atoms with Crippen LogP contribution in [0.5, 0.6) is 0 Å². The molecule has 72 valence electrons. The van der Waals surface area contributed by atoms with Gasteiger partial charge in [0.2, 0.25) is 0 Å². The lowest BCUT2D eigenvalue weighted by molar-refractivity contribution is 0.575. The first-order chi connectivity index (χ1) is 6.24. The average molecular weight is 182 g/mol. The zero-order valence-electron chi connectivity index (χ0n) is 7.75. The van der Waals surface area contributed by atoms with Crippen LogP contribution in [-0.2, 0) is 6.54 Å². The van der Waals surface area contributed by atoms with Crippen molar-refractivity contribution in [3.63, 3.8) is 0 Å². The Morgan fingerprint density at radius 3 is 2.77 bits per heavy atom. The lowest BCUT2D eigenvalue weighted by Gasteiger charge is -2.02. The summed E-state index contributed by atoms with van der Waals surface area (Å²) in [4.78, 5) is 24.1. The van der Waals surface area contributed by atoms with Crippen molar-refractivity contribution in [1.82, 2.24) is 9.55 Å². The molecule has 0 amide bonds. The minimum atomic E-state index is -0.336. The molecule has 0 fully saturated rings. The molecular formula is C9H14N2O2. The minimum Gasteiger partial charge on any atom is -0.301 e. The highest BCUT2D eigenvalue weighted by Gasteiger charge is 1.94. The lowest BCUT2D eigenvalue weighted by atomic mass is 10.2. The van der Waals surface area contributed by atoms with Gasteiger partial charge in [-0.25, -0.2) is 4.79 Å². The Labute approximate surface area is 76.2 Å². The van der Waals surface area contributed by atoms with Crippen LogP contribution in [-0.4, -0.2) is 9.55 Å². The van der Waals surface area contributed by atoms with Crippen molar-refractivity contribution in [2.45, 2.75) is 32.7 Å². The van der Waals surface area contributed by atoms with Crippen LogP contribution in [0.15, 0.2) is 21.9 Å². The van der Waals surface area contributed by atoms with Gasteiger partial charge >= 0.3 is 5.69 Å². The molecule has 0 saturated heterocycles. The summed E-state index contributed by atoms with van der Waals surface area (Å²) in [5.41, 5.74) is -0.652. The first-order valence-electron chi connectivity index (χ1n) is 4.54. The molecule has 4 heteroatoms. The first-order valence-corrected chi connectivity index (χ1v) is 4.54. The van der Waals surface area contributed by atoms with E-state index >= 15 is 0 Å². The quantitative estimate of drug-likeness (QED) is 0.698. The van der Waals surface area contributed by atoms with Crippen molar-refractivity contribution in [3.8, 4) is 0 Å². The zero-order chi connectivity index (χ0) is 9.68. The van der Waals surface area contributed by atoms with E-state index in [0.717, 1.165) is 19.3 Å². The fourth-order valence-electron chi connectivity index (χ4n) is 1.15. The Kier molecular flexibility index (Phi) is 3.49. The zero-order valence-corrected chi connectivity index (χ0v) is 7.75. The molecule has 0 unspecified atom stereocenters. The van der Waals surface area contributed by atoms with Gasteiger partial charge in [-0.3, -0.25) is 9.78 Å². The van der Waals surface area contributed by atoms with Crippen LogP contribution in [0.2, 0.25) is 0 Å². The molecule has 0 atom stereocenters. The van der Waals surface area contributed by atoms with Gasteiger partial charge in [0.25, 0.3) is 5.56 Å². The topological polar surface area (TPSA) is 54.9 Å². The predicted molar refractivity (Wildman–Crippen MR) is 50.8 cm³/mol. The SMILES string of the molecule is CCCCCn1ccc(=O)[nH]c1=O. The van der Waals surface area contributed by atoms with Gasteiger partial charge in [0, 0.05) is 18.8 Å². The molecule has 0 aliphatic carbocycles. The fourth-order valence-corrected chi connectivity index (χ4v) is 1.15. The van der Waals surface area contributed by atoms with E-state index in [1.54, 1.807) is 0 Å². The first kappa shape index (κ1) is 9.77. The maximum Gasteiger partial charge on any atom is 0.328 e. The largest absolute Gasteiger partial charge is 0.328 e. The Morgan fingerprint density at radius 2 is 2.15 bits per heavy atom. The highest BCUT2D eigenvalue weighted by Crippen LogP contribution is 1.94. The van der Waals surface area contributed by atoms with Crippen molar-refractivity contribution in [1.29, 1.82) is 0 Å². The number of aryl methyl sites for hydroxylation is 1. The van der Waals surface area contributed by atoms with Crippen LogP contribution >= 0.6 is 0 Å². The van der Waals surface area contributed by atoms with Gasteiger partial charge in [0.05, 0.1) is 0 Å². The van der Waals surface area contributed by atoms with Crippen molar-refractivity contribution < 1.29 is 0 Å². The van der Waals surface area contributed by atoms with Gasteiger partial charge in [-0.15, -0.1) is 0 Å². The monoisotopic (exact) mass is 182 g/mol. The number of H-pyrrole nitrogens is 1. The summed E-state index contributed by atoms with van der Waals surface area (Å²) in [5.74, 6) is 0. The van der Waals surface area contributed by atoms with Crippen molar-refractivity contribution >= 4 is 0 Å². The van der Waals surface area contributed by atoms with Crippen molar-refractivity contribution in [2.24, 2.45) is 0 Å². The number of aromatic amines is 1. The van der Waals surface area contributed by atoms with Gasteiger partial charge in [0.15, 0.2) is 0 Å². The Bertz CT molecular complexity index is 364. The van der Waals surface area contributed by atoms with E-state index < -0.39 is 0 Å². The Morgan fingerprint density at radius 1 is 1.38 bits per heavy atom. The van der Waals surface area contributed by atoms with Crippen LogP contribution in [0.3, 0.4) is 0 Å². The molecule has 0 aliphatic heterocycles. The molecule has 0 aliphatic rings. The number of aromatic nitrogens is 2. The second kappa shape index (κ2) is 4.64. The maximum absolute atomic E-state index is 11.1. The minimum absolute atomic E-state index is 0.316. The van der Waals surface area contributed by atoms with Crippen LogP contribution in [0, 0.1) is 0 Å². The van der Waals surface area contributed by atoms with Crippen LogP contribution in [0.1, 0.15) is 26.2 Å². The number of rotatable bonds is 4. The van der Waals surface area contributed by atoms with Crippen LogP contribution in [0.4, 0.5) is 0 Å². The summed E-state index contributed by atoms with van der Waals surface area (Å²) in [6.45, 7) is 2.79. The second-order valence-electron chi connectivity index (χ2n) is 3.01. The molecule has 0 radical (unpaired) electrons. The molecular weight excluding hydrogens is 168 g/mol. The summed E-state index contributed by atoms with van der Waals surface area (Å²) in [6.07, 6.45) is 4.74. The normalized spacial score (nSPS) is 10.2. The lowest BCUT2D eigenvalue weighted by Crippen LogP contribution is -2.28. The van der Waals surface area contributed by atoms with Crippen LogP contribution in [0.25, 0.3) is 0 Å². The second-order valence-corrected chi connectivity index (χ2v) is 3.01. The third-order valence-electron chi connectivity index (χ3n) is 1.90. The molecule has 0 aromatic carbocycles. The maximum atomic E-state index is 11.1. The third-order valence-corrected chi connectivity index (χ3v) is 1.90. The molecule has 1 aromatic heterocycles. The van der Waals surface area contributed by atoms with Gasteiger partial charge in [-0.1, -0.05) is 19.8 Å². The van der Waals surface area contributed by atoms with Gasteiger partial charge < -0.3 is 4.57 Å². The third kappa shape index (κ3) is 2.89. The number of nitrogens with zero attached hydrogens (tertiary/aromatic N) is 1. The molecule has 0 spiro atoms. The molecule has 0 saturated carbocycles. The van der Waals surface area contributed by atoms with E-state index in [-0.39, 0.29) is 11.2 Å². The van der Waals surface area contributed by atoms with E-state index in [9.17, 15) is 9.59 Å². The molecule has 0 bridgehead atoms. The fraction of sp³-hybridized carbons (Fsp3) is 0.556. The summed E-state index contributed by atoms with van der Waals surface area (Å²) in [5, 5.41) is 0. The van der Waals surface area contributed by atoms with E-state index in [1.165, 1.54) is 16.8 Å². The van der Waals surface area contributed by atoms with E-state index in [1.807, 2.05) is 0 Å². The number of hydrogen-bond acceptors (Lipinski definition) is 2. The summed E-state index contributed by atoms with van der Waals surface area (Å²) in [6, 6.07) is 1.37. The van der Waals surface area contributed by atoms with E-state index in [4.69, 9.17) is 0 Å². The highest BCUT2D eigenvalue weighted by molar-refractivity contribution is 4.82. The predicted octanol–water partition coefficient (Wildman–Crippen LogP) is 0.727. The summed E-state index contributed by atoms with van der Waals surface area (Å²) in [7, 11) is 0. The Balaban J connectivity index is 2.67. The standard InChI is InChI=1S/C9H14N2O2/c1-2-3-4-6-11-7-5-8(12)10-9(11)13/h5,7H,2-4,6H2,1H3,(H,10,12,13). The average Bonchev–Trinajstić information content (AvgIpc) is 2.09. The van der Waals surface area contributed by atoms with Gasteiger partial charge in [-0.05, 0) is 6.42 Å². The van der Waals surface area contributed by atoms with Crippen molar-refractivity contribution in [3.05, 3.63) is 33.1 Å². The van der Waals surface area contributed by atoms with Crippen LogP contribution < -0.4 is 11.2 Å². The smallest absolute Gasteiger partial charge is 0.301 e. The van der Waals surface area contributed by atoms with Crippen molar-refractivity contribution in [2.75, 3.05) is 0 Å². The van der Waals surface area contributed by atoms with E-state index in [0.29, 0.717) is 6.54 Å². The summed E-state index contributed by atoms with van der Waals surface area (Å²) < 4.78 is 1.52. The Hall–Kier alpha value is -1.32. The number of hydrogen-bond donors (Lipinski definition) is 1. The van der Waals surface area contributed by atoms with E-state index in [2.05, 4.69) is 11.9 Å². The van der Waals surface area contributed by atoms with Gasteiger partial charge in [0.1, 0.15) is 0 Å². The molecule has 1 N–H and O–H groups in total. The highest BCUT2D eigenvalue weighted by atomic mass is 16.2. The molecule has 1 rings (SSSR count). The number of nitrogens with one attached hydrogen (secondary N) is 1. The molecule has 1 heterocycles. The number of unbranched alkanes of at least 4 members (excludes halogenated alkanes) is 2. The molecule has 1 aromatic rings.